The van der Waals surface area contributed by atoms with Crippen molar-refractivity contribution in [1.82, 2.24) is 5.32 Å². The molecule has 0 aromatic rings. The maximum atomic E-state index is 12.4. The molecule has 7 nitrogen and oxygen atoms in total. The largest absolute Gasteiger partial charge is 0.465 e. The summed E-state index contributed by atoms with van der Waals surface area (Å²) in [4.78, 5) is 36.1. The molecule has 1 aliphatic heterocycles. The number of ether oxygens (including phenoxy) is 3. The van der Waals surface area contributed by atoms with E-state index >= 15 is 0 Å². The summed E-state index contributed by atoms with van der Waals surface area (Å²) in [6, 6.07) is 0.0759. The van der Waals surface area contributed by atoms with E-state index in [1.807, 2.05) is 6.08 Å². The topological polar surface area (TPSA) is 90.9 Å². The first-order valence-electron chi connectivity index (χ1n) is 12.5. The highest BCUT2D eigenvalue weighted by molar-refractivity contribution is 5.91. The van der Waals surface area contributed by atoms with Gasteiger partial charge >= 0.3 is 17.9 Å². The Balaban J connectivity index is 1.95. The van der Waals surface area contributed by atoms with Crippen LogP contribution in [0.4, 0.5) is 0 Å². The van der Waals surface area contributed by atoms with Gasteiger partial charge in [0.15, 0.2) is 0 Å². The molecule has 0 saturated heterocycles. The lowest BCUT2D eigenvalue weighted by Gasteiger charge is -2.60. The maximum Gasteiger partial charge on any atom is 0.335 e. The zero-order valence-corrected chi connectivity index (χ0v) is 21.6. The highest BCUT2D eigenvalue weighted by Gasteiger charge is 2.60. The molecule has 2 aliphatic carbocycles. The van der Waals surface area contributed by atoms with Crippen LogP contribution in [0.1, 0.15) is 73.6 Å². The zero-order chi connectivity index (χ0) is 25.3. The van der Waals surface area contributed by atoms with Crippen molar-refractivity contribution in [1.29, 1.82) is 0 Å². The first kappa shape index (κ1) is 26.5. The summed E-state index contributed by atoms with van der Waals surface area (Å²) >= 11 is 0. The van der Waals surface area contributed by atoms with Gasteiger partial charge in [-0.2, -0.15) is 0 Å². The van der Waals surface area contributed by atoms with Crippen LogP contribution < -0.4 is 5.32 Å². The molecule has 0 bridgehead atoms. The van der Waals surface area contributed by atoms with Gasteiger partial charge in [0.1, 0.15) is 19.3 Å². The van der Waals surface area contributed by atoms with E-state index in [0.717, 1.165) is 25.7 Å². The van der Waals surface area contributed by atoms with Gasteiger partial charge < -0.3 is 19.5 Å². The predicted molar refractivity (Wildman–Crippen MR) is 129 cm³/mol. The molecular weight excluding hydrogens is 434 g/mol. The molecule has 0 amide bonds. The third kappa shape index (κ3) is 5.24. The van der Waals surface area contributed by atoms with Gasteiger partial charge in [-0.1, -0.05) is 39.8 Å². The second-order valence-corrected chi connectivity index (χ2v) is 11.1. The van der Waals surface area contributed by atoms with E-state index in [9.17, 15) is 14.4 Å². The number of fused-ring (bicyclic) bond motifs is 1. The molecule has 34 heavy (non-hydrogen) atoms. The Bertz CT molecular complexity index is 863. The smallest absolute Gasteiger partial charge is 0.335 e. The van der Waals surface area contributed by atoms with Crippen molar-refractivity contribution in [3.8, 4) is 0 Å². The minimum atomic E-state index is -0.504. The van der Waals surface area contributed by atoms with E-state index in [-0.39, 0.29) is 60.0 Å². The molecule has 2 fully saturated rings. The van der Waals surface area contributed by atoms with Crippen LogP contribution in [0.2, 0.25) is 0 Å². The van der Waals surface area contributed by atoms with Crippen LogP contribution in [0.15, 0.2) is 23.8 Å². The predicted octanol–water partition coefficient (Wildman–Crippen LogP) is 4.11. The van der Waals surface area contributed by atoms with E-state index in [1.54, 1.807) is 0 Å². The van der Waals surface area contributed by atoms with E-state index in [2.05, 4.69) is 39.6 Å². The Hall–Kier alpha value is -2.15. The maximum absolute atomic E-state index is 12.4. The van der Waals surface area contributed by atoms with E-state index < -0.39 is 5.41 Å². The fourth-order valence-corrected chi connectivity index (χ4v) is 6.83. The number of nitrogens with one attached hydrogen (secondary N) is 1. The first-order valence-corrected chi connectivity index (χ1v) is 12.5. The molecule has 2 saturated carbocycles. The van der Waals surface area contributed by atoms with E-state index in [1.165, 1.54) is 19.4 Å². The average Bonchev–Trinajstić information content (AvgIpc) is 3.16. The van der Waals surface area contributed by atoms with Crippen molar-refractivity contribution >= 4 is 17.9 Å². The van der Waals surface area contributed by atoms with Gasteiger partial charge in [-0.15, -0.1) is 0 Å². The van der Waals surface area contributed by atoms with Gasteiger partial charge in [0.25, 0.3) is 0 Å². The van der Waals surface area contributed by atoms with E-state index in [4.69, 9.17) is 14.2 Å². The number of carbonyl (C=O) groups excluding carboxylic acids is 3. The normalized spacial score (nSPS) is 34.2. The van der Waals surface area contributed by atoms with Gasteiger partial charge in [0.05, 0.1) is 5.57 Å². The summed E-state index contributed by atoms with van der Waals surface area (Å²) in [5.41, 5.74) is 1.25. The van der Waals surface area contributed by atoms with Gasteiger partial charge in [0.2, 0.25) is 0 Å². The third-order valence-electron chi connectivity index (χ3n) is 8.35. The Labute approximate surface area is 203 Å². The standard InChI is InChI=1S/C27H41NO6/c1-16(2)28-22(20-11-13-32-25(20)31)14-21-17(3)8-9-23-26(21,6)12-10-24(34-19(5)30)27(23,7)15-33-18(4)29/h11,16,21-24,28H,3,8-10,12-15H2,1-2,4-7H3/t21-,22-,23-,24-,26+,27+/m1/s1. The number of allylic oxidation sites excluding steroid dienone is 1. The van der Waals surface area contributed by atoms with Crippen LogP contribution in [0.25, 0.3) is 0 Å². The molecule has 1 heterocycles. The molecule has 6 atom stereocenters. The number of rotatable bonds is 8. The number of hydrogen-bond donors (Lipinski definition) is 1. The lowest BCUT2D eigenvalue weighted by atomic mass is 9.46. The molecule has 0 unspecified atom stereocenters. The van der Waals surface area contributed by atoms with Crippen LogP contribution >= 0.6 is 0 Å². The Morgan fingerprint density at radius 2 is 1.94 bits per heavy atom. The summed E-state index contributed by atoms with van der Waals surface area (Å²) in [5.74, 6) is -0.574. The molecule has 0 radical (unpaired) electrons. The molecule has 3 aliphatic rings. The zero-order valence-electron chi connectivity index (χ0n) is 21.6. The number of hydrogen-bond acceptors (Lipinski definition) is 7. The number of carbonyl (C=O) groups is 3. The first-order chi connectivity index (χ1) is 15.9. The lowest BCUT2D eigenvalue weighted by molar-refractivity contribution is -0.191. The molecule has 190 valence electrons. The Kier molecular flexibility index (Phi) is 7.96. The van der Waals surface area contributed by atoms with Crippen LogP contribution in [-0.4, -0.2) is 49.3 Å². The summed E-state index contributed by atoms with van der Waals surface area (Å²) in [6.45, 7) is 16.4. The van der Waals surface area contributed by atoms with Crippen LogP contribution in [0, 0.1) is 22.7 Å². The second kappa shape index (κ2) is 10.2. The van der Waals surface area contributed by atoms with E-state index in [0.29, 0.717) is 18.6 Å². The minimum Gasteiger partial charge on any atom is -0.465 e. The molecule has 0 spiro atoms. The van der Waals surface area contributed by atoms with Gasteiger partial charge in [0, 0.05) is 31.3 Å². The van der Waals surface area contributed by atoms with Gasteiger partial charge in [-0.25, -0.2) is 4.79 Å². The molecule has 7 heteroatoms. The summed E-state index contributed by atoms with van der Waals surface area (Å²) in [7, 11) is 0. The monoisotopic (exact) mass is 475 g/mol. The Morgan fingerprint density at radius 3 is 2.50 bits per heavy atom. The van der Waals surface area contributed by atoms with Crippen molar-refractivity contribution < 1.29 is 28.6 Å². The van der Waals surface area contributed by atoms with Crippen molar-refractivity contribution in [2.45, 2.75) is 91.8 Å². The second-order valence-electron chi connectivity index (χ2n) is 11.1. The minimum absolute atomic E-state index is 0.127. The highest BCUT2D eigenvalue weighted by atomic mass is 16.6. The number of cyclic esters (lactones) is 1. The average molecular weight is 476 g/mol. The van der Waals surface area contributed by atoms with Crippen molar-refractivity contribution in [3.63, 3.8) is 0 Å². The molecule has 0 aromatic heterocycles. The van der Waals surface area contributed by atoms with Gasteiger partial charge in [-0.05, 0) is 55.4 Å². The van der Waals surface area contributed by atoms with Crippen LogP contribution in [-0.2, 0) is 28.6 Å². The van der Waals surface area contributed by atoms with Crippen molar-refractivity contribution in [2.24, 2.45) is 22.7 Å². The quantitative estimate of drug-likeness (QED) is 0.321. The number of esters is 3. The SMILES string of the molecule is C=C1CC[C@H]2[C@](C)(COC(C)=O)[C@H](OC(C)=O)CC[C@@]2(C)[C@@H]1C[C@@H](NC(C)C)C1=CCOC1=O. The van der Waals surface area contributed by atoms with Crippen molar-refractivity contribution in [3.05, 3.63) is 23.8 Å². The van der Waals surface area contributed by atoms with Crippen LogP contribution in [0.5, 0.6) is 0 Å². The molecule has 3 rings (SSSR count). The fourth-order valence-electron chi connectivity index (χ4n) is 6.83. The highest BCUT2D eigenvalue weighted by Crippen LogP contribution is 2.62. The molecular formula is C27H41NO6. The van der Waals surface area contributed by atoms with Gasteiger partial charge in [-0.3, -0.25) is 9.59 Å². The Morgan fingerprint density at radius 1 is 1.24 bits per heavy atom. The molecule has 1 N–H and O–H groups in total. The van der Waals surface area contributed by atoms with Crippen LogP contribution in [0.3, 0.4) is 0 Å². The summed E-state index contributed by atoms with van der Waals surface area (Å²) in [5, 5.41) is 3.58. The fraction of sp³-hybridized carbons (Fsp3) is 0.741. The lowest BCUT2D eigenvalue weighted by Crippen LogP contribution is -2.59. The van der Waals surface area contributed by atoms with Crippen molar-refractivity contribution in [2.75, 3.05) is 13.2 Å². The summed E-state index contributed by atoms with van der Waals surface area (Å²) < 4.78 is 16.6. The molecule has 0 aromatic carbocycles. The third-order valence-corrected chi connectivity index (χ3v) is 8.35. The summed E-state index contributed by atoms with van der Waals surface area (Å²) in [6.07, 6.45) is 5.63.